The largest absolute Gasteiger partial charge is 0.493 e. The van der Waals surface area contributed by atoms with Gasteiger partial charge in [-0.1, -0.05) is 12.1 Å². The zero-order valence-corrected chi connectivity index (χ0v) is 11.1. The van der Waals surface area contributed by atoms with Gasteiger partial charge in [-0.15, -0.1) is 0 Å². The Kier molecular flexibility index (Phi) is 4.54. The molecule has 0 radical (unpaired) electrons. The van der Waals surface area contributed by atoms with Gasteiger partial charge in [0.25, 0.3) is 0 Å². The Morgan fingerprint density at radius 2 is 1.71 bits per heavy atom. The maximum absolute atomic E-state index is 9.60. The Morgan fingerprint density at radius 3 is 2.12 bits per heavy atom. The molecule has 3 nitrogen and oxygen atoms in total. The molecule has 0 aromatic heterocycles. The molecule has 0 spiro atoms. The maximum Gasteiger partial charge on any atom is 0.125 e. The number of aryl methyl sites for hydroxylation is 2. The second kappa shape index (κ2) is 5.52. The first kappa shape index (κ1) is 14.0. The van der Waals surface area contributed by atoms with Crippen LogP contribution in [0, 0.1) is 13.8 Å². The predicted octanol–water partition coefficient (Wildman–Crippen LogP) is 2.34. The molecular formula is C14H22O3. The summed E-state index contributed by atoms with van der Waals surface area (Å²) in [5.41, 5.74) is 2.23. The zero-order valence-electron chi connectivity index (χ0n) is 11.1. The average molecular weight is 238 g/mol. The van der Waals surface area contributed by atoms with Gasteiger partial charge in [0.05, 0.1) is 18.8 Å². The van der Waals surface area contributed by atoms with Crippen LogP contribution >= 0.6 is 0 Å². The van der Waals surface area contributed by atoms with E-state index in [1.807, 2.05) is 26.0 Å². The van der Waals surface area contributed by atoms with E-state index in [9.17, 15) is 5.11 Å². The predicted molar refractivity (Wildman–Crippen MR) is 68.2 cm³/mol. The molecule has 1 rings (SSSR count). The van der Waals surface area contributed by atoms with Gasteiger partial charge in [0.1, 0.15) is 5.75 Å². The summed E-state index contributed by atoms with van der Waals surface area (Å²) in [6.45, 7) is 8.00. The van der Waals surface area contributed by atoms with E-state index in [-0.39, 0.29) is 6.61 Å². The second-order valence-electron chi connectivity index (χ2n) is 5.13. The summed E-state index contributed by atoms with van der Waals surface area (Å²) in [5, 5.41) is 18.7. The van der Waals surface area contributed by atoms with Gasteiger partial charge < -0.3 is 14.9 Å². The molecule has 0 bridgehead atoms. The van der Waals surface area contributed by atoms with E-state index in [1.54, 1.807) is 13.8 Å². The summed E-state index contributed by atoms with van der Waals surface area (Å²) in [7, 11) is 0. The van der Waals surface area contributed by atoms with Gasteiger partial charge in [-0.2, -0.15) is 0 Å². The maximum atomic E-state index is 9.60. The lowest BCUT2D eigenvalue weighted by molar-refractivity contribution is 0.0551. The van der Waals surface area contributed by atoms with Crippen LogP contribution in [0.3, 0.4) is 0 Å². The van der Waals surface area contributed by atoms with E-state index in [0.29, 0.717) is 13.0 Å². The Balaban J connectivity index is 2.72. The highest BCUT2D eigenvalue weighted by atomic mass is 16.5. The Morgan fingerprint density at radius 1 is 1.18 bits per heavy atom. The van der Waals surface area contributed by atoms with Crippen molar-refractivity contribution in [1.82, 2.24) is 0 Å². The minimum absolute atomic E-state index is 0.0473. The molecule has 0 saturated heterocycles. The first-order chi connectivity index (χ1) is 7.83. The summed E-state index contributed by atoms with van der Waals surface area (Å²) in [5.74, 6) is 0.853. The molecular weight excluding hydrogens is 216 g/mol. The molecule has 0 aliphatic carbocycles. The quantitative estimate of drug-likeness (QED) is 0.827. The minimum atomic E-state index is -0.702. The monoisotopic (exact) mass is 238 g/mol. The SMILES string of the molecule is Cc1cc(CO)cc(C)c1OCCC(C)(C)O. The van der Waals surface area contributed by atoms with E-state index in [1.165, 1.54) is 0 Å². The van der Waals surface area contributed by atoms with Crippen molar-refractivity contribution in [1.29, 1.82) is 0 Å². The van der Waals surface area contributed by atoms with Crippen molar-refractivity contribution in [3.8, 4) is 5.75 Å². The van der Waals surface area contributed by atoms with E-state index < -0.39 is 5.60 Å². The molecule has 0 saturated carbocycles. The lowest BCUT2D eigenvalue weighted by atomic mass is 10.1. The number of benzene rings is 1. The summed E-state index contributed by atoms with van der Waals surface area (Å²) in [4.78, 5) is 0. The van der Waals surface area contributed by atoms with Crippen molar-refractivity contribution in [3.63, 3.8) is 0 Å². The molecule has 0 aliphatic heterocycles. The number of aliphatic hydroxyl groups is 2. The van der Waals surface area contributed by atoms with Crippen LogP contribution in [0.15, 0.2) is 12.1 Å². The van der Waals surface area contributed by atoms with Gasteiger partial charge in [-0.3, -0.25) is 0 Å². The van der Waals surface area contributed by atoms with Crippen molar-refractivity contribution in [2.45, 2.75) is 46.3 Å². The number of rotatable bonds is 5. The molecule has 0 amide bonds. The topological polar surface area (TPSA) is 49.7 Å². The van der Waals surface area contributed by atoms with Gasteiger partial charge in [0.2, 0.25) is 0 Å². The van der Waals surface area contributed by atoms with Gasteiger partial charge >= 0.3 is 0 Å². The van der Waals surface area contributed by atoms with Gasteiger partial charge in [-0.25, -0.2) is 0 Å². The third-order valence-corrected chi connectivity index (χ3v) is 2.66. The lowest BCUT2D eigenvalue weighted by Gasteiger charge is -2.19. The molecule has 3 heteroatoms. The number of hydrogen-bond acceptors (Lipinski definition) is 3. The van der Waals surface area contributed by atoms with E-state index in [2.05, 4.69) is 0 Å². The minimum Gasteiger partial charge on any atom is -0.493 e. The first-order valence-corrected chi connectivity index (χ1v) is 5.89. The van der Waals surface area contributed by atoms with Gasteiger partial charge in [-0.05, 0) is 44.4 Å². The second-order valence-corrected chi connectivity index (χ2v) is 5.13. The molecule has 0 atom stereocenters. The molecule has 0 aliphatic rings. The van der Waals surface area contributed by atoms with Crippen LogP contribution < -0.4 is 4.74 Å². The summed E-state index contributed by atoms with van der Waals surface area (Å²) >= 11 is 0. The number of ether oxygens (including phenoxy) is 1. The zero-order chi connectivity index (χ0) is 13.1. The summed E-state index contributed by atoms with van der Waals surface area (Å²) < 4.78 is 5.70. The number of hydrogen-bond donors (Lipinski definition) is 2. The van der Waals surface area contributed by atoms with E-state index >= 15 is 0 Å². The fourth-order valence-corrected chi connectivity index (χ4v) is 1.76. The highest BCUT2D eigenvalue weighted by molar-refractivity contribution is 5.43. The van der Waals surface area contributed by atoms with Crippen molar-refractivity contribution in [3.05, 3.63) is 28.8 Å². The molecule has 0 fully saturated rings. The molecule has 96 valence electrons. The van der Waals surface area contributed by atoms with Crippen LogP contribution in [-0.2, 0) is 6.61 Å². The molecule has 2 N–H and O–H groups in total. The molecule has 1 aromatic carbocycles. The normalized spacial score (nSPS) is 11.6. The third kappa shape index (κ3) is 4.36. The Bertz CT molecular complexity index is 355. The Hall–Kier alpha value is -1.06. The summed E-state index contributed by atoms with van der Waals surface area (Å²) in [6, 6.07) is 3.85. The molecule has 17 heavy (non-hydrogen) atoms. The van der Waals surface area contributed by atoms with Crippen molar-refractivity contribution in [2.75, 3.05) is 6.61 Å². The smallest absolute Gasteiger partial charge is 0.125 e. The van der Waals surface area contributed by atoms with E-state index in [0.717, 1.165) is 22.4 Å². The van der Waals surface area contributed by atoms with Gasteiger partial charge in [0, 0.05) is 6.42 Å². The van der Waals surface area contributed by atoms with Crippen LogP contribution in [0.25, 0.3) is 0 Å². The highest BCUT2D eigenvalue weighted by Crippen LogP contribution is 2.25. The number of aliphatic hydroxyl groups excluding tert-OH is 1. The molecule has 0 unspecified atom stereocenters. The van der Waals surface area contributed by atoms with Gasteiger partial charge in [0.15, 0.2) is 0 Å². The molecule has 1 aromatic rings. The van der Waals surface area contributed by atoms with Crippen LogP contribution in [0.1, 0.15) is 37.0 Å². The lowest BCUT2D eigenvalue weighted by Crippen LogP contribution is -2.22. The van der Waals surface area contributed by atoms with Crippen LogP contribution in [0.4, 0.5) is 0 Å². The fraction of sp³-hybridized carbons (Fsp3) is 0.571. The van der Waals surface area contributed by atoms with Crippen LogP contribution in [0.5, 0.6) is 5.75 Å². The van der Waals surface area contributed by atoms with Crippen molar-refractivity contribution < 1.29 is 14.9 Å². The third-order valence-electron chi connectivity index (χ3n) is 2.66. The Labute approximate surface area is 103 Å². The van der Waals surface area contributed by atoms with Crippen molar-refractivity contribution in [2.24, 2.45) is 0 Å². The standard InChI is InChI=1S/C14H22O3/c1-10-7-12(9-15)8-11(2)13(10)17-6-5-14(3,4)16/h7-8,15-16H,5-6,9H2,1-4H3. The highest BCUT2D eigenvalue weighted by Gasteiger charge is 2.13. The fourth-order valence-electron chi connectivity index (χ4n) is 1.76. The molecule has 0 heterocycles. The first-order valence-electron chi connectivity index (χ1n) is 5.89. The van der Waals surface area contributed by atoms with E-state index in [4.69, 9.17) is 9.84 Å². The van der Waals surface area contributed by atoms with Crippen molar-refractivity contribution >= 4 is 0 Å². The van der Waals surface area contributed by atoms with Crippen LogP contribution in [-0.4, -0.2) is 22.4 Å². The summed E-state index contributed by atoms with van der Waals surface area (Å²) in [6.07, 6.45) is 0.591. The average Bonchev–Trinajstić information content (AvgIpc) is 2.20. The van der Waals surface area contributed by atoms with Crippen LogP contribution in [0.2, 0.25) is 0 Å².